The number of H-pyrrole nitrogens is 1. The van der Waals surface area contributed by atoms with Crippen LogP contribution in [0.2, 0.25) is 0 Å². The van der Waals surface area contributed by atoms with Gasteiger partial charge in [0.25, 0.3) is 5.56 Å². The molecule has 6 heteroatoms. The molecule has 0 aliphatic carbocycles. The van der Waals surface area contributed by atoms with Gasteiger partial charge in [-0.05, 0) is 30.3 Å². The van der Waals surface area contributed by atoms with Crippen molar-refractivity contribution in [1.82, 2.24) is 9.97 Å². The Kier molecular flexibility index (Phi) is 2.90. The number of aromatic nitrogens is 2. The van der Waals surface area contributed by atoms with Crippen molar-refractivity contribution in [2.45, 2.75) is 6.42 Å². The van der Waals surface area contributed by atoms with E-state index in [2.05, 4.69) is 9.97 Å². The number of furan rings is 1. The van der Waals surface area contributed by atoms with E-state index in [0.29, 0.717) is 5.52 Å². The van der Waals surface area contributed by atoms with Gasteiger partial charge in [0.2, 0.25) is 5.78 Å². The Morgan fingerprint density at radius 3 is 2.95 bits per heavy atom. The first-order valence-corrected chi connectivity index (χ1v) is 5.88. The number of nitrogens with zero attached hydrogens (tertiary/aromatic N) is 1. The van der Waals surface area contributed by atoms with Crippen LogP contribution in [0, 0.1) is 5.82 Å². The molecule has 0 aliphatic rings. The normalized spacial score (nSPS) is 10.8. The third-order valence-corrected chi connectivity index (χ3v) is 2.84. The van der Waals surface area contributed by atoms with Gasteiger partial charge in [-0.1, -0.05) is 0 Å². The summed E-state index contributed by atoms with van der Waals surface area (Å²) in [6.07, 6.45) is 1.31. The molecule has 3 aromatic rings. The number of carbonyl (C=O) groups is 1. The fourth-order valence-electron chi connectivity index (χ4n) is 1.92. The second-order valence-corrected chi connectivity index (χ2v) is 4.25. The molecule has 100 valence electrons. The number of nitrogens with one attached hydrogen (secondary N) is 1. The lowest BCUT2D eigenvalue weighted by Crippen LogP contribution is -2.15. The van der Waals surface area contributed by atoms with Crippen molar-refractivity contribution in [3.63, 3.8) is 0 Å². The van der Waals surface area contributed by atoms with Gasteiger partial charge in [-0.2, -0.15) is 0 Å². The van der Waals surface area contributed by atoms with Crippen LogP contribution >= 0.6 is 0 Å². The highest BCUT2D eigenvalue weighted by molar-refractivity contribution is 5.94. The average molecular weight is 272 g/mol. The molecule has 2 heterocycles. The van der Waals surface area contributed by atoms with Crippen LogP contribution in [0.5, 0.6) is 0 Å². The number of hydrogen-bond acceptors (Lipinski definition) is 4. The zero-order chi connectivity index (χ0) is 14.1. The first kappa shape index (κ1) is 12.3. The molecule has 0 saturated carbocycles. The molecule has 0 bridgehead atoms. The Hall–Kier alpha value is -2.76. The number of carbonyl (C=O) groups excluding carboxylic acids is 1. The summed E-state index contributed by atoms with van der Waals surface area (Å²) >= 11 is 0. The van der Waals surface area contributed by atoms with Gasteiger partial charge in [0.15, 0.2) is 5.76 Å². The molecule has 0 aliphatic heterocycles. The van der Waals surface area contributed by atoms with Gasteiger partial charge in [0.1, 0.15) is 11.6 Å². The number of aromatic amines is 1. The molecule has 2 aromatic heterocycles. The van der Waals surface area contributed by atoms with Crippen molar-refractivity contribution >= 4 is 16.7 Å². The Morgan fingerprint density at radius 2 is 2.20 bits per heavy atom. The van der Waals surface area contributed by atoms with E-state index in [1.807, 2.05) is 0 Å². The summed E-state index contributed by atoms with van der Waals surface area (Å²) in [5, 5.41) is 0.152. The predicted molar refractivity (Wildman–Crippen MR) is 69.1 cm³/mol. The number of Topliss-reactive ketones (excluding diaryl/α,β-unsaturated/α-hetero) is 1. The zero-order valence-electron chi connectivity index (χ0n) is 10.2. The van der Waals surface area contributed by atoms with Crippen LogP contribution in [0.3, 0.4) is 0 Å². The molecule has 3 rings (SSSR count). The van der Waals surface area contributed by atoms with Gasteiger partial charge in [0, 0.05) is 0 Å². The van der Waals surface area contributed by atoms with Crippen molar-refractivity contribution in [3.8, 4) is 0 Å². The standard InChI is InChI=1S/C14H9FN2O3/c15-8-3-4-10-9(6-8)14(19)17-13(16-10)7-11(18)12-2-1-5-20-12/h1-6H,7H2,(H,16,17,19). The Balaban J connectivity index is 1.99. The lowest BCUT2D eigenvalue weighted by molar-refractivity contribution is 0.0964. The van der Waals surface area contributed by atoms with E-state index in [-0.39, 0.29) is 29.2 Å². The summed E-state index contributed by atoms with van der Waals surface area (Å²) in [5.41, 5.74) is -0.130. The highest BCUT2D eigenvalue weighted by Gasteiger charge is 2.13. The van der Waals surface area contributed by atoms with Crippen LogP contribution < -0.4 is 5.56 Å². The molecule has 20 heavy (non-hydrogen) atoms. The smallest absolute Gasteiger partial charge is 0.258 e. The lowest BCUT2D eigenvalue weighted by Gasteiger charge is -2.01. The molecule has 5 nitrogen and oxygen atoms in total. The van der Waals surface area contributed by atoms with E-state index < -0.39 is 11.4 Å². The molecule has 1 aromatic carbocycles. The van der Waals surface area contributed by atoms with Crippen LogP contribution in [-0.4, -0.2) is 15.8 Å². The van der Waals surface area contributed by atoms with E-state index in [0.717, 1.165) is 6.07 Å². The minimum atomic E-state index is -0.510. The minimum Gasteiger partial charge on any atom is -0.461 e. The van der Waals surface area contributed by atoms with Crippen molar-refractivity contribution in [2.75, 3.05) is 0 Å². The number of ketones is 1. The molecular formula is C14H9FN2O3. The summed E-state index contributed by atoms with van der Waals surface area (Å²) in [7, 11) is 0. The second kappa shape index (κ2) is 4.73. The van der Waals surface area contributed by atoms with Gasteiger partial charge in [-0.3, -0.25) is 9.59 Å². The number of benzene rings is 1. The molecule has 0 unspecified atom stereocenters. The second-order valence-electron chi connectivity index (χ2n) is 4.25. The van der Waals surface area contributed by atoms with Crippen LogP contribution in [0.1, 0.15) is 16.4 Å². The third kappa shape index (κ3) is 2.23. The first-order chi connectivity index (χ1) is 9.63. The van der Waals surface area contributed by atoms with E-state index in [1.165, 1.54) is 24.5 Å². The number of fused-ring (bicyclic) bond motifs is 1. The topological polar surface area (TPSA) is 76.0 Å². The summed E-state index contributed by atoms with van der Waals surface area (Å²) in [6, 6.07) is 6.87. The molecule has 1 N–H and O–H groups in total. The SMILES string of the molecule is O=C(Cc1nc2ccc(F)cc2c(=O)[nH]1)c1ccco1. The number of halogens is 1. The van der Waals surface area contributed by atoms with E-state index in [9.17, 15) is 14.0 Å². The van der Waals surface area contributed by atoms with Gasteiger partial charge >= 0.3 is 0 Å². The maximum absolute atomic E-state index is 13.1. The van der Waals surface area contributed by atoms with Crippen LogP contribution in [0.25, 0.3) is 10.9 Å². The fourth-order valence-corrected chi connectivity index (χ4v) is 1.92. The first-order valence-electron chi connectivity index (χ1n) is 5.88. The number of rotatable bonds is 3. The molecule has 0 amide bonds. The van der Waals surface area contributed by atoms with Gasteiger partial charge in [-0.15, -0.1) is 0 Å². The van der Waals surface area contributed by atoms with Gasteiger partial charge in [0.05, 0.1) is 23.6 Å². The van der Waals surface area contributed by atoms with Crippen molar-refractivity contribution in [1.29, 1.82) is 0 Å². The summed E-state index contributed by atoms with van der Waals surface area (Å²) in [5.74, 6) is -0.383. The zero-order valence-corrected chi connectivity index (χ0v) is 10.2. The quantitative estimate of drug-likeness (QED) is 0.740. The highest BCUT2D eigenvalue weighted by atomic mass is 19.1. The Morgan fingerprint density at radius 1 is 1.35 bits per heavy atom. The molecule has 0 spiro atoms. The Labute approximate surface area is 112 Å². The largest absolute Gasteiger partial charge is 0.461 e. The minimum absolute atomic E-state index is 0.0872. The predicted octanol–water partition coefficient (Wildman–Crippen LogP) is 2.08. The third-order valence-electron chi connectivity index (χ3n) is 2.84. The van der Waals surface area contributed by atoms with E-state index >= 15 is 0 Å². The Bertz CT molecular complexity index is 837. The van der Waals surface area contributed by atoms with Crippen molar-refractivity contribution in [3.05, 3.63) is 64.4 Å². The monoisotopic (exact) mass is 272 g/mol. The summed E-state index contributed by atoms with van der Waals surface area (Å²) in [4.78, 5) is 30.3. The maximum Gasteiger partial charge on any atom is 0.258 e. The molecule has 0 saturated heterocycles. The maximum atomic E-state index is 13.1. The lowest BCUT2D eigenvalue weighted by atomic mass is 10.2. The van der Waals surface area contributed by atoms with Crippen molar-refractivity contribution < 1.29 is 13.6 Å². The molecule has 0 radical (unpaired) electrons. The number of hydrogen-bond donors (Lipinski definition) is 1. The van der Waals surface area contributed by atoms with Crippen LogP contribution in [0.4, 0.5) is 4.39 Å². The highest BCUT2D eigenvalue weighted by Crippen LogP contribution is 2.10. The fraction of sp³-hybridized carbons (Fsp3) is 0.0714. The van der Waals surface area contributed by atoms with E-state index in [1.54, 1.807) is 6.07 Å². The van der Waals surface area contributed by atoms with Crippen molar-refractivity contribution in [2.24, 2.45) is 0 Å². The molecular weight excluding hydrogens is 263 g/mol. The van der Waals surface area contributed by atoms with E-state index in [4.69, 9.17) is 4.42 Å². The summed E-state index contributed by atoms with van der Waals surface area (Å²) in [6.45, 7) is 0. The average Bonchev–Trinajstić information content (AvgIpc) is 2.94. The summed E-state index contributed by atoms with van der Waals surface area (Å²) < 4.78 is 18.0. The van der Waals surface area contributed by atoms with Gasteiger partial charge in [-0.25, -0.2) is 9.37 Å². The van der Waals surface area contributed by atoms with Crippen LogP contribution in [0.15, 0.2) is 45.8 Å². The van der Waals surface area contributed by atoms with Crippen LogP contribution in [-0.2, 0) is 6.42 Å². The molecule has 0 atom stereocenters. The molecule has 0 fully saturated rings. The van der Waals surface area contributed by atoms with Gasteiger partial charge < -0.3 is 9.40 Å².